The smallest absolute Gasteiger partial charge is 0.360 e. The third-order valence-electron chi connectivity index (χ3n) is 4.78. The van der Waals surface area contributed by atoms with Crippen LogP contribution < -0.4 is 15.1 Å². The van der Waals surface area contributed by atoms with Crippen molar-refractivity contribution < 1.29 is 31.6 Å². The van der Waals surface area contributed by atoms with Gasteiger partial charge in [-0.15, -0.1) is 0 Å². The van der Waals surface area contributed by atoms with Crippen LogP contribution in [0.15, 0.2) is 53.4 Å². The molecule has 1 heterocycles. The maximum Gasteiger partial charge on any atom is 0.416 e. The van der Waals surface area contributed by atoms with Crippen molar-refractivity contribution in [2.45, 2.75) is 16.8 Å². The van der Waals surface area contributed by atoms with Gasteiger partial charge in [-0.3, -0.25) is 4.79 Å². The lowest BCUT2D eigenvalue weighted by Gasteiger charge is -2.33. The molecule has 3 rings (SSSR count). The molecule has 1 amide bonds. The fourth-order valence-corrected chi connectivity index (χ4v) is 3.79. The van der Waals surface area contributed by atoms with Crippen molar-refractivity contribution in [3.8, 4) is 0 Å². The Morgan fingerprint density at radius 1 is 1.10 bits per heavy atom. The van der Waals surface area contributed by atoms with Crippen LogP contribution in [0.25, 0.3) is 0 Å². The highest BCUT2D eigenvalue weighted by Crippen LogP contribution is 2.31. The highest BCUT2D eigenvalue weighted by atomic mass is 32.2. The molecule has 2 aromatic carbocycles. The molecule has 0 saturated carbocycles. The Morgan fingerprint density at radius 2 is 1.77 bits per heavy atom. The van der Waals surface area contributed by atoms with Gasteiger partial charge in [0, 0.05) is 16.3 Å². The Bertz CT molecular complexity index is 852. The van der Waals surface area contributed by atoms with Crippen LogP contribution >= 0.6 is 11.8 Å². The molecule has 1 aliphatic rings. The van der Waals surface area contributed by atoms with Crippen LogP contribution in [-0.4, -0.2) is 44.4 Å². The molecule has 0 radical (unpaired) electrons. The van der Waals surface area contributed by atoms with Gasteiger partial charge in [-0.2, -0.15) is 22.0 Å². The van der Waals surface area contributed by atoms with E-state index in [1.165, 1.54) is 18.2 Å². The monoisotopic (exact) mass is 446 g/mol. The summed E-state index contributed by atoms with van der Waals surface area (Å²) in [6.07, 6.45) is -4.38. The van der Waals surface area contributed by atoms with E-state index in [0.29, 0.717) is 54.2 Å². The second-order valence-corrected chi connectivity index (χ2v) is 7.98. The van der Waals surface area contributed by atoms with Crippen molar-refractivity contribution >= 4 is 29.0 Å². The molecule has 1 saturated heterocycles. The number of anilines is 2. The molecule has 4 nitrogen and oxygen atoms in total. The second kappa shape index (κ2) is 9.65. The zero-order chi connectivity index (χ0) is 21.7. The Kier molecular flexibility index (Phi) is 7.19. The molecular weight excluding hydrogens is 425 g/mol. The lowest BCUT2D eigenvalue weighted by atomic mass is 10.1. The van der Waals surface area contributed by atoms with E-state index in [0.717, 1.165) is 17.0 Å². The van der Waals surface area contributed by atoms with Crippen molar-refractivity contribution in [1.29, 1.82) is 0 Å². The van der Waals surface area contributed by atoms with Crippen LogP contribution in [0.4, 0.5) is 33.3 Å². The Labute approximate surface area is 175 Å². The summed E-state index contributed by atoms with van der Waals surface area (Å²) in [6, 6.07) is 11.4. The molecule has 0 aliphatic carbocycles. The van der Waals surface area contributed by atoms with E-state index in [-0.39, 0.29) is 12.5 Å². The predicted octanol–water partition coefficient (Wildman–Crippen LogP) is 3.36. The third kappa shape index (κ3) is 6.33. The summed E-state index contributed by atoms with van der Waals surface area (Å²) >= 11 is 0.438. The van der Waals surface area contributed by atoms with E-state index in [9.17, 15) is 26.7 Å². The number of thioether (sulfide) groups is 1. The topological polar surface area (TPSA) is 36.8 Å². The number of hydrogen-bond donors (Lipinski definition) is 2. The Hall–Kier alpha value is -2.33. The molecule has 10 heteroatoms. The third-order valence-corrected chi connectivity index (χ3v) is 5.51. The van der Waals surface area contributed by atoms with Gasteiger partial charge in [0.05, 0.1) is 31.7 Å². The van der Waals surface area contributed by atoms with Crippen LogP contribution in [0.3, 0.4) is 0 Å². The van der Waals surface area contributed by atoms with E-state index in [1.807, 2.05) is 4.90 Å². The minimum absolute atomic E-state index is 0.202. The lowest BCUT2D eigenvalue weighted by Crippen LogP contribution is -3.15. The number of nitrogens with one attached hydrogen (secondary N) is 2. The van der Waals surface area contributed by atoms with Gasteiger partial charge in [0.2, 0.25) is 0 Å². The van der Waals surface area contributed by atoms with Gasteiger partial charge in [0.25, 0.3) is 11.7 Å². The molecule has 2 aromatic rings. The average molecular weight is 446 g/mol. The van der Waals surface area contributed by atoms with Crippen molar-refractivity contribution in [3.05, 3.63) is 54.1 Å². The summed E-state index contributed by atoms with van der Waals surface area (Å²) < 4.78 is 63.4. The molecular formula is C20H21F5N3OS+. The highest BCUT2D eigenvalue weighted by Gasteiger charge is 2.31. The summed E-state index contributed by atoms with van der Waals surface area (Å²) in [5, 5.41) is 2.74. The summed E-state index contributed by atoms with van der Waals surface area (Å²) in [6.45, 7) is 2.55. The first-order valence-corrected chi connectivity index (χ1v) is 10.2. The number of quaternary nitrogens is 1. The molecule has 1 aliphatic heterocycles. The zero-order valence-electron chi connectivity index (χ0n) is 15.9. The zero-order valence-corrected chi connectivity index (χ0v) is 16.7. The summed E-state index contributed by atoms with van der Waals surface area (Å²) in [5.41, 5.74) is 0.378. The van der Waals surface area contributed by atoms with Gasteiger partial charge in [-0.1, -0.05) is 17.8 Å². The van der Waals surface area contributed by atoms with Crippen LogP contribution in [0.2, 0.25) is 0 Å². The Balaban J connectivity index is 1.48. The van der Waals surface area contributed by atoms with Crippen LogP contribution in [0.1, 0.15) is 5.56 Å². The van der Waals surface area contributed by atoms with E-state index in [4.69, 9.17) is 0 Å². The normalized spacial score (nSPS) is 15.5. The largest absolute Gasteiger partial charge is 0.416 e. The number of hydrogen-bond acceptors (Lipinski definition) is 3. The fraction of sp³-hybridized carbons (Fsp3) is 0.350. The molecule has 0 atom stereocenters. The first-order chi connectivity index (χ1) is 14.2. The molecule has 30 heavy (non-hydrogen) atoms. The Morgan fingerprint density at radius 3 is 2.37 bits per heavy atom. The minimum atomic E-state index is -4.38. The summed E-state index contributed by atoms with van der Waals surface area (Å²) in [5.74, 6) is -2.70. The first-order valence-electron chi connectivity index (χ1n) is 9.31. The fourth-order valence-electron chi connectivity index (χ4n) is 3.29. The predicted molar refractivity (Wildman–Crippen MR) is 106 cm³/mol. The van der Waals surface area contributed by atoms with E-state index < -0.39 is 17.5 Å². The number of nitrogens with zero attached hydrogens (tertiary/aromatic N) is 1. The number of carbonyl (C=O) groups excluding carboxylic acids is 1. The van der Waals surface area contributed by atoms with Crippen molar-refractivity contribution in [2.24, 2.45) is 0 Å². The van der Waals surface area contributed by atoms with Gasteiger partial charge in [-0.05, 0) is 42.5 Å². The van der Waals surface area contributed by atoms with Crippen LogP contribution in [-0.2, 0) is 11.0 Å². The van der Waals surface area contributed by atoms with Gasteiger partial charge in [0.1, 0.15) is 0 Å². The van der Waals surface area contributed by atoms with Crippen molar-refractivity contribution in [1.82, 2.24) is 0 Å². The first kappa shape index (κ1) is 22.4. The molecule has 1 fully saturated rings. The number of carbonyl (C=O) groups is 1. The van der Waals surface area contributed by atoms with Crippen molar-refractivity contribution in [3.63, 3.8) is 0 Å². The number of amides is 1. The van der Waals surface area contributed by atoms with Gasteiger partial charge >= 0.3 is 6.18 Å². The van der Waals surface area contributed by atoms with Crippen LogP contribution in [0, 0.1) is 0 Å². The van der Waals surface area contributed by atoms with E-state index >= 15 is 0 Å². The molecule has 2 N–H and O–H groups in total. The number of benzene rings is 2. The summed E-state index contributed by atoms with van der Waals surface area (Å²) in [4.78, 5) is 15.6. The highest BCUT2D eigenvalue weighted by molar-refractivity contribution is 7.99. The molecule has 0 bridgehead atoms. The number of alkyl halides is 5. The molecule has 162 valence electrons. The van der Waals surface area contributed by atoms with E-state index in [1.54, 1.807) is 18.2 Å². The summed E-state index contributed by atoms with van der Waals surface area (Å²) in [7, 11) is 0. The van der Waals surface area contributed by atoms with Gasteiger partial charge in [-0.25, -0.2) is 0 Å². The maximum atomic E-state index is 12.9. The van der Waals surface area contributed by atoms with E-state index in [2.05, 4.69) is 5.32 Å². The molecule has 0 spiro atoms. The SMILES string of the molecule is O=C(C[NH+]1CCN(c2cccc(C(F)(F)F)c2)CC1)Nc1ccc(SC(F)F)cc1. The van der Waals surface area contributed by atoms with Crippen molar-refractivity contribution in [2.75, 3.05) is 42.9 Å². The number of piperazine rings is 1. The second-order valence-electron chi connectivity index (χ2n) is 6.91. The lowest BCUT2D eigenvalue weighted by molar-refractivity contribution is -0.892. The molecule has 0 aromatic heterocycles. The molecule has 0 unspecified atom stereocenters. The average Bonchev–Trinajstić information content (AvgIpc) is 2.69. The maximum absolute atomic E-state index is 12.9. The standard InChI is InChI=1S/C20H20F5N3OS/c21-19(22)30-17-6-4-15(5-7-17)26-18(29)13-27-8-10-28(11-9-27)16-3-1-2-14(12-16)20(23,24)25/h1-7,12,19H,8-11,13H2,(H,26,29)/p+1. The van der Waals surface area contributed by atoms with Crippen LogP contribution in [0.5, 0.6) is 0 Å². The quantitative estimate of drug-likeness (QED) is 0.528. The number of rotatable bonds is 6. The number of halogens is 5. The van der Waals surface area contributed by atoms with Gasteiger partial charge < -0.3 is 15.1 Å². The minimum Gasteiger partial charge on any atom is -0.360 e. The van der Waals surface area contributed by atoms with Gasteiger partial charge in [0.15, 0.2) is 6.54 Å².